The van der Waals surface area contributed by atoms with Crippen molar-refractivity contribution in [1.82, 2.24) is 4.98 Å². The van der Waals surface area contributed by atoms with Crippen LogP contribution in [0.1, 0.15) is 10.4 Å². The minimum absolute atomic E-state index is 0.173. The standard InChI is InChI=1S/C15H13ClN2O5/c1-22-12-5-4-9(7-11(12)16)18-13(19)8-23-15(21)10-3-2-6-17-14(10)20/h2-7H,8H2,1H3,(H,17,20)(H,18,19). The largest absolute Gasteiger partial charge is 0.495 e. The lowest BCUT2D eigenvalue weighted by Gasteiger charge is -2.08. The van der Waals surface area contributed by atoms with Crippen LogP contribution in [-0.2, 0) is 9.53 Å². The minimum Gasteiger partial charge on any atom is -0.495 e. The van der Waals surface area contributed by atoms with E-state index in [1.807, 2.05) is 0 Å². The van der Waals surface area contributed by atoms with Crippen LogP contribution in [0.25, 0.3) is 0 Å². The molecular weight excluding hydrogens is 324 g/mol. The summed E-state index contributed by atoms with van der Waals surface area (Å²) in [6.07, 6.45) is 1.39. The minimum atomic E-state index is -0.880. The van der Waals surface area contributed by atoms with E-state index >= 15 is 0 Å². The van der Waals surface area contributed by atoms with E-state index in [0.717, 1.165) is 0 Å². The lowest BCUT2D eigenvalue weighted by Crippen LogP contribution is -2.24. The summed E-state index contributed by atoms with van der Waals surface area (Å²) in [6.45, 7) is -0.531. The topological polar surface area (TPSA) is 97.5 Å². The van der Waals surface area contributed by atoms with Crippen LogP contribution >= 0.6 is 11.6 Å². The highest BCUT2D eigenvalue weighted by atomic mass is 35.5. The number of H-pyrrole nitrogens is 1. The van der Waals surface area contributed by atoms with E-state index in [-0.39, 0.29) is 5.56 Å². The van der Waals surface area contributed by atoms with Crippen LogP contribution in [-0.4, -0.2) is 30.6 Å². The van der Waals surface area contributed by atoms with E-state index in [1.165, 1.54) is 31.5 Å². The number of pyridine rings is 1. The predicted molar refractivity (Wildman–Crippen MR) is 84.0 cm³/mol. The molecule has 0 radical (unpaired) electrons. The number of nitrogens with one attached hydrogen (secondary N) is 2. The highest BCUT2D eigenvalue weighted by molar-refractivity contribution is 6.32. The second-order valence-electron chi connectivity index (χ2n) is 4.39. The third kappa shape index (κ3) is 4.33. The van der Waals surface area contributed by atoms with Crippen molar-refractivity contribution in [1.29, 1.82) is 0 Å². The molecule has 2 aromatic rings. The lowest BCUT2D eigenvalue weighted by atomic mass is 10.3. The summed E-state index contributed by atoms with van der Waals surface area (Å²) in [5.41, 5.74) is -0.331. The molecule has 0 atom stereocenters. The highest BCUT2D eigenvalue weighted by Gasteiger charge is 2.13. The molecule has 1 amide bonds. The molecule has 0 bridgehead atoms. The van der Waals surface area contributed by atoms with Crippen molar-refractivity contribution in [3.8, 4) is 5.75 Å². The van der Waals surface area contributed by atoms with Gasteiger partial charge in [0.25, 0.3) is 11.5 Å². The van der Waals surface area contributed by atoms with E-state index in [1.54, 1.807) is 12.1 Å². The molecule has 8 heteroatoms. The second kappa shape index (κ2) is 7.46. The van der Waals surface area contributed by atoms with Crippen molar-refractivity contribution in [3.05, 3.63) is 57.5 Å². The first-order chi connectivity index (χ1) is 11.0. The predicted octanol–water partition coefficient (Wildman–Crippen LogP) is 1.83. The van der Waals surface area contributed by atoms with Gasteiger partial charge in [-0.2, -0.15) is 0 Å². The van der Waals surface area contributed by atoms with Crippen molar-refractivity contribution < 1.29 is 19.1 Å². The van der Waals surface area contributed by atoms with Gasteiger partial charge in [-0.25, -0.2) is 4.79 Å². The van der Waals surface area contributed by atoms with Gasteiger partial charge in [0.15, 0.2) is 6.61 Å². The van der Waals surface area contributed by atoms with Gasteiger partial charge in [-0.1, -0.05) is 11.6 Å². The molecule has 1 aromatic heterocycles. The zero-order chi connectivity index (χ0) is 16.8. The number of hydrogen-bond acceptors (Lipinski definition) is 5. The summed E-state index contributed by atoms with van der Waals surface area (Å²) in [5, 5.41) is 2.84. The Morgan fingerprint density at radius 2 is 2.09 bits per heavy atom. The van der Waals surface area contributed by atoms with Crippen molar-refractivity contribution >= 4 is 29.2 Å². The van der Waals surface area contributed by atoms with E-state index in [2.05, 4.69) is 10.3 Å². The molecule has 0 fully saturated rings. The fourth-order valence-electron chi connectivity index (χ4n) is 1.73. The quantitative estimate of drug-likeness (QED) is 0.812. The van der Waals surface area contributed by atoms with Gasteiger partial charge in [-0.15, -0.1) is 0 Å². The van der Waals surface area contributed by atoms with Gasteiger partial charge in [0.2, 0.25) is 0 Å². The van der Waals surface area contributed by atoms with Gasteiger partial charge < -0.3 is 19.8 Å². The average molecular weight is 337 g/mol. The summed E-state index contributed by atoms with van der Waals surface area (Å²) in [6, 6.07) is 7.47. The molecule has 2 rings (SSSR count). The number of hydrogen-bond donors (Lipinski definition) is 2. The second-order valence-corrected chi connectivity index (χ2v) is 4.79. The molecule has 0 spiro atoms. The third-order valence-corrected chi connectivity index (χ3v) is 3.10. The molecule has 1 heterocycles. The average Bonchev–Trinajstić information content (AvgIpc) is 2.53. The van der Waals surface area contributed by atoms with Crippen LogP contribution in [0, 0.1) is 0 Å². The Bertz CT molecular complexity index is 787. The number of aromatic nitrogens is 1. The molecule has 0 unspecified atom stereocenters. The van der Waals surface area contributed by atoms with Crippen molar-refractivity contribution in [3.63, 3.8) is 0 Å². The normalized spacial score (nSPS) is 10.0. The zero-order valence-electron chi connectivity index (χ0n) is 12.1. The van der Waals surface area contributed by atoms with Gasteiger partial charge in [0.1, 0.15) is 11.3 Å². The third-order valence-electron chi connectivity index (χ3n) is 2.81. The first-order valence-electron chi connectivity index (χ1n) is 6.49. The first kappa shape index (κ1) is 16.6. The Morgan fingerprint density at radius 3 is 2.74 bits per heavy atom. The molecule has 0 aliphatic rings. The number of amides is 1. The molecule has 0 saturated heterocycles. The van der Waals surface area contributed by atoms with Crippen molar-refractivity contribution in [2.24, 2.45) is 0 Å². The first-order valence-corrected chi connectivity index (χ1v) is 6.87. The molecule has 0 aliphatic carbocycles. The number of carbonyl (C=O) groups is 2. The number of rotatable bonds is 5. The van der Waals surface area contributed by atoms with E-state index in [0.29, 0.717) is 16.5 Å². The van der Waals surface area contributed by atoms with Gasteiger partial charge in [0, 0.05) is 11.9 Å². The number of methoxy groups -OCH3 is 1. The molecule has 2 N–H and O–H groups in total. The van der Waals surface area contributed by atoms with Crippen LogP contribution in [0.15, 0.2) is 41.3 Å². The number of aromatic amines is 1. The monoisotopic (exact) mass is 336 g/mol. The van der Waals surface area contributed by atoms with Crippen LogP contribution in [0.4, 0.5) is 5.69 Å². The number of benzene rings is 1. The maximum Gasteiger partial charge on any atom is 0.344 e. The Hall–Kier alpha value is -2.80. The van der Waals surface area contributed by atoms with Gasteiger partial charge in [0.05, 0.1) is 12.1 Å². The molecule has 0 aliphatic heterocycles. The Kier molecular flexibility index (Phi) is 5.37. The van der Waals surface area contributed by atoms with Crippen molar-refractivity contribution in [2.45, 2.75) is 0 Å². The van der Waals surface area contributed by atoms with Gasteiger partial charge in [-0.3, -0.25) is 9.59 Å². The number of ether oxygens (including phenoxy) is 2. The number of esters is 1. The van der Waals surface area contributed by atoms with Crippen LogP contribution in [0.2, 0.25) is 5.02 Å². The van der Waals surface area contributed by atoms with Crippen LogP contribution in [0.3, 0.4) is 0 Å². The van der Waals surface area contributed by atoms with E-state index in [9.17, 15) is 14.4 Å². The Labute approximate surface area is 136 Å². The lowest BCUT2D eigenvalue weighted by molar-refractivity contribution is -0.119. The molecule has 7 nitrogen and oxygen atoms in total. The highest BCUT2D eigenvalue weighted by Crippen LogP contribution is 2.27. The van der Waals surface area contributed by atoms with E-state index < -0.39 is 24.0 Å². The molecule has 0 saturated carbocycles. The maximum atomic E-state index is 11.8. The zero-order valence-corrected chi connectivity index (χ0v) is 12.8. The van der Waals surface area contributed by atoms with Crippen LogP contribution < -0.4 is 15.6 Å². The molecule has 1 aromatic carbocycles. The van der Waals surface area contributed by atoms with Gasteiger partial charge >= 0.3 is 5.97 Å². The summed E-state index contributed by atoms with van der Waals surface area (Å²) >= 11 is 5.94. The smallest absolute Gasteiger partial charge is 0.344 e. The summed E-state index contributed by atoms with van der Waals surface area (Å²) in [7, 11) is 1.48. The number of carbonyl (C=O) groups excluding carboxylic acids is 2. The molecule has 120 valence electrons. The molecular formula is C15H13ClN2O5. The molecule has 23 heavy (non-hydrogen) atoms. The maximum absolute atomic E-state index is 11.8. The SMILES string of the molecule is COc1ccc(NC(=O)COC(=O)c2ccc[nH]c2=O)cc1Cl. The van der Waals surface area contributed by atoms with Crippen LogP contribution in [0.5, 0.6) is 5.75 Å². The summed E-state index contributed by atoms with van der Waals surface area (Å²) in [5.74, 6) is -0.971. The number of anilines is 1. The van der Waals surface area contributed by atoms with E-state index in [4.69, 9.17) is 21.1 Å². The fraction of sp³-hybridized carbons (Fsp3) is 0.133. The summed E-state index contributed by atoms with van der Waals surface area (Å²) in [4.78, 5) is 37.2. The Morgan fingerprint density at radius 1 is 1.30 bits per heavy atom. The number of halogens is 1. The van der Waals surface area contributed by atoms with Crippen molar-refractivity contribution in [2.75, 3.05) is 19.0 Å². The summed E-state index contributed by atoms with van der Waals surface area (Å²) < 4.78 is 9.79. The fourth-order valence-corrected chi connectivity index (χ4v) is 1.99. The Balaban J connectivity index is 1.93. The van der Waals surface area contributed by atoms with Gasteiger partial charge in [-0.05, 0) is 30.3 Å².